The van der Waals surface area contributed by atoms with Crippen molar-refractivity contribution in [3.8, 4) is 0 Å². The van der Waals surface area contributed by atoms with Crippen LogP contribution >= 0.6 is 0 Å². The summed E-state index contributed by atoms with van der Waals surface area (Å²) in [5, 5.41) is 2.84. The number of hydrogen-bond acceptors (Lipinski definition) is 4. The van der Waals surface area contributed by atoms with Gasteiger partial charge in [-0.15, -0.1) is 0 Å². The molecule has 1 spiro atoms. The molecule has 11 heteroatoms. The topological polar surface area (TPSA) is 75.2 Å². The molecule has 1 saturated carbocycles. The van der Waals surface area contributed by atoms with Crippen molar-refractivity contribution in [2.45, 2.75) is 50.2 Å². The maximum atomic E-state index is 13.9. The number of anilines is 1. The van der Waals surface area contributed by atoms with E-state index in [1.807, 2.05) is 12.1 Å². The Morgan fingerprint density at radius 2 is 1.85 bits per heavy atom. The normalized spacial score (nSPS) is 21.1. The third-order valence-electron chi connectivity index (χ3n) is 8.44. The summed E-state index contributed by atoms with van der Waals surface area (Å²) in [6.45, 7) is 1.22. The Balaban J connectivity index is 1.25. The monoisotopic (exact) mass is 568 g/mol. The van der Waals surface area contributed by atoms with E-state index in [2.05, 4.69) is 15.3 Å². The molecule has 1 aliphatic heterocycles. The van der Waals surface area contributed by atoms with Crippen LogP contribution in [0.4, 0.5) is 27.8 Å². The molecule has 2 amide bonds. The number of rotatable bonds is 6. The van der Waals surface area contributed by atoms with E-state index in [1.165, 1.54) is 13.0 Å². The second kappa shape index (κ2) is 9.46. The standard InChI is InChI=1S/C30H25F5N4O2/c1-17(19-11-21(31)13-22(32)12-19)39(27(41)29(6-7-29)30(33,34)35)9-3-4-18-10-20-14-28(15-24(20)37-16-18)23-5-2-8-36-25(23)38-26(28)40/h2-5,8,10-13,16-17H,6-7,9,14-15H2,1H3,(H,36,38,40)/b4-3+/t17-,28+/m1/s1. The van der Waals surface area contributed by atoms with Gasteiger partial charge in [0.2, 0.25) is 11.8 Å². The Morgan fingerprint density at radius 1 is 1.12 bits per heavy atom. The van der Waals surface area contributed by atoms with Crippen molar-refractivity contribution in [2.75, 3.05) is 11.9 Å². The van der Waals surface area contributed by atoms with Gasteiger partial charge in [-0.3, -0.25) is 14.6 Å². The molecule has 3 heterocycles. The molecular formula is C30H25F5N4O2. The molecule has 6 rings (SSSR count). The molecule has 0 radical (unpaired) electrons. The molecule has 0 unspecified atom stereocenters. The average molecular weight is 569 g/mol. The number of benzene rings is 1. The van der Waals surface area contributed by atoms with Gasteiger partial charge in [0.25, 0.3) is 0 Å². The van der Waals surface area contributed by atoms with Gasteiger partial charge in [0.1, 0.15) is 22.9 Å². The van der Waals surface area contributed by atoms with Crippen molar-refractivity contribution in [2.24, 2.45) is 5.41 Å². The quantitative estimate of drug-likeness (QED) is 0.388. The van der Waals surface area contributed by atoms with E-state index in [4.69, 9.17) is 0 Å². The molecule has 1 fully saturated rings. The van der Waals surface area contributed by atoms with Crippen molar-refractivity contribution in [1.82, 2.24) is 14.9 Å². The first kappa shape index (κ1) is 27.0. The molecule has 41 heavy (non-hydrogen) atoms. The number of pyridine rings is 2. The predicted molar refractivity (Wildman–Crippen MR) is 139 cm³/mol. The Morgan fingerprint density at radius 3 is 2.54 bits per heavy atom. The zero-order valence-corrected chi connectivity index (χ0v) is 21.9. The highest BCUT2D eigenvalue weighted by Gasteiger charge is 2.69. The molecule has 6 nitrogen and oxygen atoms in total. The first-order valence-electron chi connectivity index (χ1n) is 13.2. The van der Waals surface area contributed by atoms with E-state index in [0.717, 1.165) is 33.9 Å². The second-order valence-corrected chi connectivity index (χ2v) is 11.0. The lowest BCUT2D eigenvalue weighted by Crippen LogP contribution is -2.45. The largest absolute Gasteiger partial charge is 0.403 e. The molecular weight excluding hydrogens is 543 g/mol. The maximum absolute atomic E-state index is 13.9. The fourth-order valence-electron chi connectivity index (χ4n) is 5.96. The van der Waals surface area contributed by atoms with Crippen LogP contribution in [0.25, 0.3) is 6.08 Å². The molecule has 1 aromatic carbocycles. The van der Waals surface area contributed by atoms with Gasteiger partial charge in [-0.2, -0.15) is 13.2 Å². The highest BCUT2D eigenvalue weighted by Crippen LogP contribution is 2.59. The van der Waals surface area contributed by atoms with Gasteiger partial charge in [0.15, 0.2) is 0 Å². The number of nitrogens with zero attached hydrogens (tertiary/aromatic N) is 3. The van der Waals surface area contributed by atoms with Crippen molar-refractivity contribution in [1.29, 1.82) is 0 Å². The zero-order valence-electron chi connectivity index (χ0n) is 21.9. The SMILES string of the molecule is C[C@H](c1cc(F)cc(F)c1)N(C/C=C/c1cnc2c(c1)C[C@@]1(C2)C(=O)Nc2ncccc21)C(=O)C1(C(F)(F)F)CC1. The van der Waals surface area contributed by atoms with Gasteiger partial charge in [-0.05, 0) is 67.1 Å². The van der Waals surface area contributed by atoms with Crippen LogP contribution in [0.1, 0.15) is 53.8 Å². The Kier molecular flexibility index (Phi) is 6.24. The Bertz CT molecular complexity index is 1580. The minimum Gasteiger partial charge on any atom is -0.331 e. The summed E-state index contributed by atoms with van der Waals surface area (Å²) in [6, 6.07) is 7.18. The van der Waals surface area contributed by atoms with Gasteiger partial charge < -0.3 is 10.2 Å². The van der Waals surface area contributed by atoms with E-state index < -0.39 is 40.6 Å². The minimum atomic E-state index is -4.74. The van der Waals surface area contributed by atoms with Crippen molar-refractivity contribution >= 4 is 23.7 Å². The smallest absolute Gasteiger partial charge is 0.331 e. The molecule has 3 aliphatic rings. The predicted octanol–water partition coefficient (Wildman–Crippen LogP) is 5.69. The van der Waals surface area contributed by atoms with Gasteiger partial charge in [0.05, 0.1) is 11.5 Å². The van der Waals surface area contributed by atoms with Crippen LogP contribution in [0.2, 0.25) is 0 Å². The molecule has 212 valence electrons. The molecule has 3 aromatic rings. The lowest BCUT2D eigenvalue weighted by atomic mass is 9.80. The summed E-state index contributed by atoms with van der Waals surface area (Å²) >= 11 is 0. The number of carbonyl (C=O) groups is 2. The molecule has 0 saturated heterocycles. The van der Waals surface area contributed by atoms with Gasteiger partial charge in [0, 0.05) is 42.7 Å². The van der Waals surface area contributed by atoms with E-state index in [-0.39, 0.29) is 30.9 Å². The average Bonchev–Trinajstić information content (AvgIpc) is 3.59. The van der Waals surface area contributed by atoms with Crippen LogP contribution in [0, 0.1) is 17.0 Å². The molecule has 0 bridgehead atoms. The van der Waals surface area contributed by atoms with E-state index in [1.54, 1.807) is 24.5 Å². The minimum absolute atomic E-state index is 0.0522. The summed E-state index contributed by atoms with van der Waals surface area (Å²) in [6.07, 6.45) is 1.82. The Hall–Kier alpha value is -4.15. The van der Waals surface area contributed by atoms with Gasteiger partial charge in [-0.1, -0.05) is 18.2 Å². The first-order chi connectivity index (χ1) is 19.4. The maximum Gasteiger partial charge on any atom is 0.403 e. The molecule has 2 atom stereocenters. The molecule has 2 aliphatic carbocycles. The van der Waals surface area contributed by atoms with Gasteiger partial charge in [-0.25, -0.2) is 13.8 Å². The Labute approximate surface area is 232 Å². The summed E-state index contributed by atoms with van der Waals surface area (Å²) in [5.41, 5.74) is -0.141. The number of hydrogen-bond donors (Lipinski definition) is 1. The van der Waals surface area contributed by atoms with Crippen LogP contribution in [0.15, 0.2) is 54.9 Å². The lowest BCUT2D eigenvalue weighted by molar-refractivity contribution is -0.199. The summed E-state index contributed by atoms with van der Waals surface area (Å²) in [5.74, 6) is -2.50. The fraction of sp³-hybridized carbons (Fsp3) is 0.333. The van der Waals surface area contributed by atoms with Crippen molar-refractivity contribution in [3.63, 3.8) is 0 Å². The number of halogens is 5. The van der Waals surface area contributed by atoms with Crippen LogP contribution in [0.5, 0.6) is 0 Å². The van der Waals surface area contributed by atoms with Gasteiger partial charge >= 0.3 is 6.18 Å². The zero-order chi connectivity index (χ0) is 29.2. The first-order valence-corrected chi connectivity index (χ1v) is 13.2. The van der Waals surface area contributed by atoms with Crippen molar-refractivity contribution < 1.29 is 31.5 Å². The van der Waals surface area contributed by atoms with Crippen LogP contribution in [-0.4, -0.2) is 39.4 Å². The summed E-state index contributed by atoms with van der Waals surface area (Å²) < 4.78 is 69.3. The number of nitrogens with one attached hydrogen (secondary N) is 1. The highest BCUT2D eigenvalue weighted by atomic mass is 19.4. The number of aromatic nitrogens is 2. The third kappa shape index (κ3) is 4.47. The summed E-state index contributed by atoms with van der Waals surface area (Å²) in [4.78, 5) is 36.0. The molecule has 1 N–H and O–H groups in total. The van der Waals surface area contributed by atoms with Crippen molar-refractivity contribution in [3.05, 3.63) is 94.5 Å². The van der Waals surface area contributed by atoms with E-state index in [0.29, 0.717) is 30.3 Å². The highest BCUT2D eigenvalue weighted by molar-refractivity contribution is 6.06. The number of alkyl halides is 3. The third-order valence-corrected chi connectivity index (χ3v) is 8.44. The second-order valence-electron chi connectivity index (χ2n) is 11.0. The molecule has 2 aromatic heterocycles. The number of amides is 2. The van der Waals surface area contributed by atoms with E-state index in [9.17, 15) is 31.5 Å². The van der Waals surface area contributed by atoms with Crippen LogP contribution in [0.3, 0.4) is 0 Å². The summed E-state index contributed by atoms with van der Waals surface area (Å²) in [7, 11) is 0. The lowest BCUT2D eigenvalue weighted by Gasteiger charge is -2.33. The van der Waals surface area contributed by atoms with E-state index >= 15 is 0 Å². The number of fused-ring (bicyclic) bond motifs is 3. The van der Waals surface area contributed by atoms with Crippen LogP contribution < -0.4 is 5.32 Å². The number of carbonyl (C=O) groups excluding carboxylic acids is 2. The fourth-order valence-corrected chi connectivity index (χ4v) is 5.96. The van der Waals surface area contributed by atoms with Crippen LogP contribution in [-0.2, 0) is 27.8 Å².